The summed E-state index contributed by atoms with van der Waals surface area (Å²) < 4.78 is 11.1. The van der Waals surface area contributed by atoms with E-state index >= 15 is 0 Å². The van der Waals surface area contributed by atoms with Gasteiger partial charge >= 0.3 is 0 Å². The lowest BCUT2D eigenvalue weighted by Crippen LogP contribution is -2.19. The van der Waals surface area contributed by atoms with Gasteiger partial charge in [0.1, 0.15) is 6.79 Å². The summed E-state index contributed by atoms with van der Waals surface area (Å²) >= 11 is 1.81. The van der Waals surface area contributed by atoms with Gasteiger partial charge in [-0.2, -0.15) is 0 Å². The lowest BCUT2D eigenvalue weighted by atomic mass is 10.1. The minimum atomic E-state index is 0.204. The lowest BCUT2D eigenvalue weighted by Gasteiger charge is -2.24. The third-order valence-electron chi connectivity index (χ3n) is 2.87. The molecule has 0 heterocycles. The molecule has 0 bridgehead atoms. The smallest absolute Gasteiger partial charge is 0.147 e. The lowest BCUT2D eigenvalue weighted by molar-refractivity contribution is -0.0758. The highest BCUT2D eigenvalue weighted by Gasteiger charge is 2.19. The number of allylic oxidation sites excluding steroid dienone is 1. The molecule has 2 rings (SSSR count). The average Bonchev–Trinajstić information content (AvgIpc) is 2.42. The van der Waals surface area contributed by atoms with E-state index in [0.717, 1.165) is 12.8 Å². The van der Waals surface area contributed by atoms with Crippen molar-refractivity contribution < 1.29 is 9.47 Å². The highest BCUT2D eigenvalue weighted by Crippen LogP contribution is 2.35. The van der Waals surface area contributed by atoms with Gasteiger partial charge in [0.05, 0.1) is 6.10 Å². The Morgan fingerprint density at radius 1 is 1.28 bits per heavy atom. The molecule has 98 valence electrons. The first-order valence-corrected chi connectivity index (χ1v) is 7.34. The molecule has 1 aliphatic rings. The van der Waals surface area contributed by atoms with Gasteiger partial charge in [-0.1, -0.05) is 36.0 Å². The maximum atomic E-state index is 5.80. The standard InChI is InChI=1S/C15H20O2S/c1-2-16-12-17-14-10-6-7-11-15(14)18-13-8-4-3-5-9-13/h3-5,8-9,11,14H,2,6-7,10,12H2,1H3. The largest absolute Gasteiger partial charge is 0.356 e. The Kier molecular flexibility index (Phi) is 5.78. The van der Waals surface area contributed by atoms with Crippen LogP contribution in [0, 0.1) is 0 Å². The molecule has 1 aromatic rings. The molecule has 0 N–H and O–H groups in total. The Bertz CT molecular complexity index is 375. The number of hydrogen-bond acceptors (Lipinski definition) is 3. The van der Waals surface area contributed by atoms with Crippen molar-refractivity contribution >= 4 is 11.8 Å². The molecule has 3 heteroatoms. The molecule has 1 aromatic carbocycles. The van der Waals surface area contributed by atoms with Crippen LogP contribution in [-0.2, 0) is 9.47 Å². The molecule has 1 aliphatic carbocycles. The van der Waals surface area contributed by atoms with Crippen LogP contribution in [0.4, 0.5) is 0 Å². The number of rotatable bonds is 6. The third-order valence-corrected chi connectivity index (χ3v) is 4.04. The zero-order valence-electron chi connectivity index (χ0n) is 10.8. The van der Waals surface area contributed by atoms with Gasteiger partial charge in [-0.05, 0) is 38.3 Å². The van der Waals surface area contributed by atoms with Gasteiger partial charge in [-0.15, -0.1) is 0 Å². The second kappa shape index (κ2) is 7.62. The Morgan fingerprint density at radius 2 is 2.11 bits per heavy atom. The van der Waals surface area contributed by atoms with Crippen molar-refractivity contribution in [3.8, 4) is 0 Å². The highest BCUT2D eigenvalue weighted by molar-refractivity contribution is 8.03. The first-order chi connectivity index (χ1) is 8.90. The maximum Gasteiger partial charge on any atom is 0.147 e. The van der Waals surface area contributed by atoms with Crippen LogP contribution in [0.1, 0.15) is 26.2 Å². The van der Waals surface area contributed by atoms with Gasteiger partial charge in [0, 0.05) is 16.4 Å². The second-order valence-electron chi connectivity index (χ2n) is 4.22. The zero-order chi connectivity index (χ0) is 12.6. The van der Waals surface area contributed by atoms with Crippen molar-refractivity contribution in [1.29, 1.82) is 0 Å². The predicted octanol–water partition coefficient (Wildman–Crippen LogP) is 4.23. The van der Waals surface area contributed by atoms with Gasteiger partial charge in [0.15, 0.2) is 0 Å². The summed E-state index contributed by atoms with van der Waals surface area (Å²) in [6.07, 6.45) is 5.96. The van der Waals surface area contributed by atoms with Crippen LogP contribution in [0.2, 0.25) is 0 Å². The monoisotopic (exact) mass is 264 g/mol. The minimum absolute atomic E-state index is 0.204. The Balaban J connectivity index is 1.93. The molecule has 0 aliphatic heterocycles. The fraction of sp³-hybridized carbons (Fsp3) is 0.467. The molecule has 0 amide bonds. The molecule has 0 saturated heterocycles. The fourth-order valence-corrected chi connectivity index (χ4v) is 3.02. The fourth-order valence-electron chi connectivity index (χ4n) is 1.93. The molecular formula is C15H20O2S. The topological polar surface area (TPSA) is 18.5 Å². The van der Waals surface area contributed by atoms with E-state index in [0.29, 0.717) is 13.4 Å². The van der Waals surface area contributed by atoms with E-state index < -0.39 is 0 Å². The van der Waals surface area contributed by atoms with Crippen molar-refractivity contribution in [2.24, 2.45) is 0 Å². The quantitative estimate of drug-likeness (QED) is 0.566. The highest BCUT2D eigenvalue weighted by atomic mass is 32.2. The number of ether oxygens (including phenoxy) is 2. The van der Waals surface area contributed by atoms with Crippen molar-refractivity contribution in [1.82, 2.24) is 0 Å². The van der Waals surface area contributed by atoms with Gasteiger partial charge in [-0.25, -0.2) is 0 Å². The number of thioether (sulfide) groups is 1. The van der Waals surface area contributed by atoms with Crippen LogP contribution in [0.15, 0.2) is 46.2 Å². The summed E-state index contributed by atoms with van der Waals surface area (Å²) in [6.45, 7) is 3.09. The molecular weight excluding hydrogens is 244 g/mol. The van der Waals surface area contributed by atoms with Crippen molar-refractivity contribution in [3.05, 3.63) is 41.3 Å². The summed E-state index contributed by atoms with van der Waals surface area (Å²) in [5.41, 5.74) is 0. The second-order valence-corrected chi connectivity index (χ2v) is 5.37. The van der Waals surface area contributed by atoms with Gasteiger partial charge in [0.2, 0.25) is 0 Å². The first-order valence-electron chi connectivity index (χ1n) is 6.52. The van der Waals surface area contributed by atoms with Gasteiger partial charge in [-0.3, -0.25) is 0 Å². The van der Waals surface area contributed by atoms with E-state index in [1.165, 1.54) is 16.2 Å². The first kappa shape index (κ1) is 13.7. The van der Waals surface area contributed by atoms with E-state index in [2.05, 4.69) is 30.3 Å². The minimum Gasteiger partial charge on any atom is -0.356 e. The molecule has 0 saturated carbocycles. The summed E-state index contributed by atoms with van der Waals surface area (Å²) in [6, 6.07) is 10.5. The zero-order valence-corrected chi connectivity index (χ0v) is 11.6. The van der Waals surface area contributed by atoms with Crippen LogP contribution in [0.25, 0.3) is 0 Å². The summed E-state index contributed by atoms with van der Waals surface area (Å²) in [7, 11) is 0. The number of hydrogen-bond donors (Lipinski definition) is 0. The van der Waals surface area contributed by atoms with Gasteiger partial charge < -0.3 is 9.47 Å². The van der Waals surface area contributed by atoms with Crippen LogP contribution in [0.3, 0.4) is 0 Å². The van der Waals surface area contributed by atoms with E-state index in [1.54, 1.807) is 0 Å². The van der Waals surface area contributed by atoms with Crippen LogP contribution < -0.4 is 0 Å². The van der Waals surface area contributed by atoms with Crippen molar-refractivity contribution in [3.63, 3.8) is 0 Å². The third kappa shape index (κ3) is 4.16. The van der Waals surface area contributed by atoms with E-state index in [1.807, 2.05) is 24.8 Å². The van der Waals surface area contributed by atoms with Crippen molar-refractivity contribution in [2.45, 2.75) is 37.2 Å². The van der Waals surface area contributed by atoms with Gasteiger partial charge in [0.25, 0.3) is 0 Å². The molecule has 1 atom stereocenters. The predicted molar refractivity (Wildman–Crippen MR) is 75.6 cm³/mol. The molecule has 0 radical (unpaired) electrons. The van der Waals surface area contributed by atoms with E-state index in [4.69, 9.17) is 9.47 Å². The summed E-state index contributed by atoms with van der Waals surface area (Å²) in [5.74, 6) is 0. The average molecular weight is 264 g/mol. The Labute approximate surface area is 113 Å². The van der Waals surface area contributed by atoms with Crippen molar-refractivity contribution in [2.75, 3.05) is 13.4 Å². The summed E-state index contributed by atoms with van der Waals surface area (Å²) in [5, 5.41) is 0. The van der Waals surface area contributed by atoms with Crippen LogP contribution in [0.5, 0.6) is 0 Å². The molecule has 1 unspecified atom stereocenters. The molecule has 0 spiro atoms. The van der Waals surface area contributed by atoms with Crippen LogP contribution in [-0.4, -0.2) is 19.5 Å². The number of benzene rings is 1. The summed E-state index contributed by atoms with van der Waals surface area (Å²) in [4.78, 5) is 2.60. The van der Waals surface area contributed by atoms with E-state index in [9.17, 15) is 0 Å². The SMILES string of the molecule is CCOCOC1CCCC=C1Sc1ccccc1. The normalized spacial score (nSPS) is 19.6. The maximum absolute atomic E-state index is 5.80. The molecule has 0 fully saturated rings. The molecule has 18 heavy (non-hydrogen) atoms. The molecule has 2 nitrogen and oxygen atoms in total. The Hall–Kier alpha value is -0.770. The molecule has 0 aromatic heterocycles. The Morgan fingerprint density at radius 3 is 2.89 bits per heavy atom. The van der Waals surface area contributed by atoms with Crippen LogP contribution >= 0.6 is 11.8 Å². The van der Waals surface area contributed by atoms with E-state index in [-0.39, 0.29) is 6.10 Å².